The van der Waals surface area contributed by atoms with Gasteiger partial charge in [0.1, 0.15) is 0 Å². The first kappa shape index (κ1) is 11.6. The maximum Gasteiger partial charge on any atom is 0.0948 e. The maximum absolute atomic E-state index is 4.27. The fourth-order valence-electron chi connectivity index (χ4n) is 2.93. The Kier molecular flexibility index (Phi) is 3.64. The molecule has 0 atom stereocenters. The van der Waals surface area contributed by atoms with E-state index >= 15 is 0 Å². The lowest BCUT2D eigenvalue weighted by atomic mass is 9.83. The highest BCUT2D eigenvalue weighted by Gasteiger charge is 2.32. The predicted molar refractivity (Wildman–Crippen MR) is 66.2 cm³/mol. The van der Waals surface area contributed by atoms with E-state index in [1.165, 1.54) is 37.8 Å². The topological polar surface area (TPSA) is 29.9 Å². The first-order chi connectivity index (χ1) is 7.79. The lowest BCUT2D eigenvalue weighted by Gasteiger charge is -2.28. The SMILES string of the molecule is CCC1(Cn2cncc2CNC)CCCC1. The molecule has 1 aliphatic rings. The Labute approximate surface area is 98.3 Å². The van der Waals surface area contributed by atoms with Crippen LogP contribution >= 0.6 is 0 Å². The second-order valence-corrected chi connectivity index (χ2v) is 5.10. The second-order valence-electron chi connectivity index (χ2n) is 5.10. The smallest absolute Gasteiger partial charge is 0.0948 e. The summed E-state index contributed by atoms with van der Waals surface area (Å²) in [5, 5.41) is 3.21. The van der Waals surface area contributed by atoms with Crippen LogP contribution in [0.1, 0.15) is 44.7 Å². The molecule has 0 aliphatic heterocycles. The van der Waals surface area contributed by atoms with Gasteiger partial charge in [0.15, 0.2) is 0 Å². The highest BCUT2D eigenvalue weighted by molar-refractivity contribution is 4.99. The van der Waals surface area contributed by atoms with Crippen LogP contribution in [0.3, 0.4) is 0 Å². The molecule has 0 aromatic carbocycles. The summed E-state index contributed by atoms with van der Waals surface area (Å²) in [4.78, 5) is 4.27. The Balaban J connectivity index is 2.09. The first-order valence-corrected chi connectivity index (χ1v) is 6.43. The largest absolute Gasteiger partial charge is 0.333 e. The predicted octanol–water partition coefficient (Wildman–Crippen LogP) is 2.57. The fraction of sp³-hybridized carbons (Fsp3) is 0.769. The molecule has 16 heavy (non-hydrogen) atoms. The van der Waals surface area contributed by atoms with Gasteiger partial charge >= 0.3 is 0 Å². The van der Waals surface area contributed by atoms with Crippen LogP contribution in [0, 0.1) is 5.41 Å². The normalized spacial score (nSPS) is 19.1. The third kappa shape index (κ3) is 2.29. The Morgan fingerprint density at radius 1 is 1.44 bits per heavy atom. The van der Waals surface area contributed by atoms with Crippen molar-refractivity contribution >= 4 is 0 Å². The number of nitrogens with one attached hydrogen (secondary N) is 1. The molecule has 2 rings (SSSR count). The number of hydrogen-bond acceptors (Lipinski definition) is 2. The minimum absolute atomic E-state index is 0.545. The highest BCUT2D eigenvalue weighted by Crippen LogP contribution is 2.42. The van der Waals surface area contributed by atoms with Crippen molar-refractivity contribution in [3.8, 4) is 0 Å². The van der Waals surface area contributed by atoms with Crippen LogP contribution < -0.4 is 5.32 Å². The quantitative estimate of drug-likeness (QED) is 0.828. The third-order valence-electron chi connectivity index (χ3n) is 4.08. The summed E-state index contributed by atoms with van der Waals surface area (Å²) in [7, 11) is 1.99. The van der Waals surface area contributed by atoms with E-state index in [0.717, 1.165) is 13.1 Å². The monoisotopic (exact) mass is 221 g/mol. The van der Waals surface area contributed by atoms with Crippen molar-refractivity contribution in [2.24, 2.45) is 5.41 Å². The molecule has 0 saturated heterocycles. The van der Waals surface area contributed by atoms with Crippen LogP contribution in [0.5, 0.6) is 0 Å². The zero-order valence-corrected chi connectivity index (χ0v) is 10.5. The summed E-state index contributed by atoms with van der Waals surface area (Å²) in [6, 6.07) is 0. The van der Waals surface area contributed by atoms with E-state index in [-0.39, 0.29) is 0 Å². The lowest BCUT2D eigenvalue weighted by molar-refractivity contribution is 0.234. The molecule has 1 aromatic rings. The Hall–Kier alpha value is -0.830. The summed E-state index contributed by atoms with van der Waals surface area (Å²) in [6.07, 6.45) is 10.9. The molecule has 1 N–H and O–H groups in total. The van der Waals surface area contributed by atoms with Crippen molar-refractivity contribution in [2.45, 2.75) is 52.1 Å². The minimum atomic E-state index is 0.545. The summed E-state index contributed by atoms with van der Waals surface area (Å²) in [5.74, 6) is 0. The zero-order chi connectivity index (χ0) is 11.4. The zero-order valence-electron chi connectivity index (χ0n) is 10.5. The van der Waals surface area contributed by atoms with Gasteiger partial charge in [-0.15, -0.1) is 0 Å². The van der Waals surface area contributed by atoms with E-state index in [9.17, 15) is 0 Å². The van der Waals surface area contributed by atoms with Gasteiger partial charge in [-0.3, -0.25) is 0 Å². The van der Waals surface area contributed by atoms with E-state index in [2.05, 4.69) is 21.8 Å². The molecule has 0 unspecified atom stereocenters. The molecular weight excluding hydrogens is 198 g/mol. The van der Waals surface area contributed by atoms with Crippen LogP contribution in [0.2, 0.25) is 0 Å². The summed E-state index contributed by atoms with van der Waals surface area (Å²) in [6.45, 7) is 4.40. The Morgan fingerprint density at radius 2 is 2.19 bits per heavy atom. The third-order valence-corrected chi connectivity index (χ3v) is 4.08. The molecule has 1 fully saturated rings. The van der Waals surface area contributed by atoms with Gasteiger partial charge in [0.25, 0.3) is 0 Å². The highest BCUT2D eigenvalue weighted by atomic mass is 15.1. The first-order valence-electron chi connectivity index (χ1n) is 6.43. The average molecular weight is 221 g/mol. The Morgan fingerprint density at radius 3 is 2.81 bits per heavy atom. The van der Waals surface area contributed by atoms with E-state index < -0.39 is 0 Å². The van der Waals surface area contributed by atoms with Crippen LogP contribution in [0.4, 0.5) is 0 Å². The minimum Gasteiger partial charge on any atom is -0.333 e. The number of nitrogens with zero attached hydrogens (tertiary/aromatic N) is 2. The van der Waals surface area contributed by atoms with Gasteiger partial charge in [0.2, 0.25) is 0 Å². The van der Waals surface area contributed by atoms with Gasteiger partial charge in [0.05, 0.1) is 12.0 Å². The fourth-order valence-corrected chi connectivity index (χ4v) is 2.93. The number of rotatable bonds is 5. The molecule has 3 nitrogen and oxygen atoms in total. The van der Waals surface area contributed by atoms with Crippen molar-refractivity contribution in [2.75, 3.05) is 7.05 Å². The van der Waals surface area contributed by atoms with Crippen LogP contribution in [-0.2, 0) is 13.1 Å². The molecular formula is C13H23N3. The van der Waals surface area contributed by atoms with E-state index in [4.69, 9.17) is 0 Å². The molecule has 0 bridgehead atoms. The van der Waals surface area contributed by atoms with Crippen LogP contribution in [0.25, 0.3) is 0 Å². The summed E-state index contributed by atoms with van der Waals surface area (Å²) < 4.78 is 2.34. The van der Waals surface area contributed by atoms with Gasteiger partial charge in [-0.05, 0) is 31.7 Å². The summed E-state index contributed by atoms with van der Waals surface area (Å²) >= 11 is 0. The van der Waals surface area contributed by atoms with E-state index in [1.807, 2.05) is 19.6 Å². The molecule has 0 amide bonds. The lowest BCUT2D eigenvalue weighted by Crippen LogP contribution is -2.24. The molecule has 1 saturated carbocycles. The Bertz CT molecular complexity index is 324. The molecule has 0 radical (unpaired) electrons. The number of imidazole rings is 1. The van der Waals surface area contributed by atoms with E-state index in [0.29, 0.717) is 5.41 Å². The van der Waals surface area contributed by atoms with Crippen LogP contribution in [0.15, 0.2) is 12.5 Å². The van der Waals surface area contributed by atoms with Gasteiger partial charge in [-0.25, -0.2) is 4.98 Å². The summed E-state index contributed by atoms with van der Waals surface area (Å²) in [5.41, 5.74) is 1.85. The molecule has 1 heterocycles. The maximum atomic E-state index is 4.27. The number of aromatic nitrogens is 2. The number of hydrogen-bond donors (Lipinski definition) is 1. The second kappa shape index (κ2) is 5.00. The van der Waals surface area contributed by atoms with Crippen LogP contribution in [-0.4, -0.2) is 16.6 Å². The molecule has 0 spiro atoms. The van der Waals surface area contributed by atoms with Gasteiger partial charge < -0.3 is 9.88 Å². The van der Waals surface area contributed by atoms with Gasteiger partial charge in [-0.2, -0.15) is 0 Å². The van der Waals surface area contributed by atoms with Crippen molar-refractivity contribution in [1.82, 2.24) is 14.9 Å². The van der Waals surface area contributed by atoms with Crippen molar-refractivity contribution in [3.05, 3.63) is 18.2 Å². The van der Waals surface area contributed by atoms with Crippen molar-refractivity contribution in [3.63, 3.8) is 0 Å². The standard InChI is InChI=1S/C13H23N3/c1-3-13(6-4-5-7-13)10-16-11-15-9-12(16)8-14-2/h9,11,14H,3-8,10H2,1-2H3. The van der Waals surface area contributed by atoms with Gasteiger partial charge in [-0.1, -0.05) is 19.8 Å². The molecule has 1 aromatic heterocycles. The van der Waals surface area contributed by atoms with Gasteiger partial charge in [0, 0.05) is 19.3 Å². The van der Waals surface area contributed by atoms with E-state index in [1.54, 1.807) is 0 Å². The van der Waals surface area contributed by atoms with Crippen molar-refractivity contribution in [1.29, 1.82) is 0 Å². The van der Waals surface area contributed by atoms with Crippen molar-refractivity contribution < 1.29 is 0 Å². The molecule has 3 heteroatoms. The molecule has 1 aliphatic carbocycles. The average Bonchev–Trinajstić information content (AvgIpc) is 2.91. The molecule has 90 valence electrons.